The van der Waals surface area contributed by atoms with E-state index in [1.165, 1.54) is 12.3 Å². The molecule has 0 radical (unpaired) electrons. The summed E-state index contributed by atoms with van der Waals surface area (Å²) in [5, 5.41) is 20.3. The molecule has 0 saturated heterocycles. The quantitative estimate of drug-likeness (QED) is 0.376. The van der Waals surface area contributed by atoms with E-state index in [4.69, 9.17) is 10.4 Å². The lowest BCUT2D eigenvalue weighted by molar-refractivity contribution is -0.136. The molecule has 1 aromatic heterocycles. The van der Waals surface area contributed by atoms with Crippen molar-refractivity contribution in [2.45, 2.75) is 13.8 Å². The first-order valence-electron chi connectivity index (χ1n) is 8.04. The molecular formula is C19H17N5O4. The zero-order chi connectivity index (χ0) is 20.5. The van der Waals surface area contributed by atoms with E-state index in [-0.39, 0.29) is 5.95 Å². The van der Waals surface area contributed by atoms with Crippen LogP contribution in [0.3, 0.4) is 0 Å². The lowest BCUT2D eigenvalue weighted by Crippen LogP contribution is -2.11. The highest BCUT2D eigenvalue weighted by Crippen LogP contribution is 2.26. The van der Waals surface area contributed by atoms with Crippen LogP contribution < -0.4 is 10.8 Å². The predicted octanol–water partition coefficient (Wildman–Crippen LogP) is 2.88. The Morgan fingerprint density at radius 2 is 1.96 bits per heavy atom. The molecule has 0 aliphatic heterocycles. The van der Waals surface area contributed by atoms with E-state index in [9.17, 15) is 9.59 Å². The number of allylic oxidation sites excluding steroid dienone is 1. The summed E-state index contributed by atoms with van der Waals surface area (Å²) in [6, 6.07) is 7.46. The third-order valence-corrected chi connectivity index (χ3v) is 3.42. The van der Waals surface area contributed by atoms with Gasteiger partial charge in [0.25, 0.3) is 5.95 Å². The van der Waals surface area contributed by atoms with E-state index in [1.54, 1.807) is 12.1 Å². The lowest BCUT2D eigenvalue weighted by atomic mass is 10.0. The number of carbonyl (C=O) groups excluding carboxylic acids is 1. The molecular weight excluding hydrogens is 362 g/mol. The van der Waals surface area contributed by atoms with Crippen molar-refractivity contribution in [3.63, 3.8) is 0 Å². The molecule has 0 spiro atoms. The fourth-order valence-corrected chi connectivity index (χ4v) is 2.30. The zero-order valence-corrected chi connectivity index (χ0v) is 15.1. The standard InChI is InChI=1S/C19H17N5O4/c1-12-10-14(4-3-8-20)11-13(2)18(12)22-15-7-9-21-19(23-15)24-28-17(27)6-5-16(25)26/h3-7,9-11H,1-2H3,(H,25,26)(H2,21,22,23,24)/b4-3?,6-5+. The molecule has 1 heterocycles. The molecule has 9 heteroatoms. The summed E-state index contributed by atoms with van der Waals surface area (Å²) >= 11 is 0. The lowest BCUT2D eigenvalue weighted by Gasteiger charge is -2.14. The average Bonchev–Trinajstić information content (AvgIpc) is 2.66. The van der Waals surface area contributed by atoms with Crippen LogP contribution in [0, 0.1) is 25.2 Å². The molecule has 2 aromatic rings. The molecule has 0 saturated carbocycles. The molecule has 2 rings (SSSR count). The number of benzene rings is 1. The Labute approximate surface area is 161 Å². The van der Waals surface area contributed by atoms with E-state index in [1.807, 2.05) is 32.0 Å². The Morgan fingerprint density at radius 3 is 2.61 bits per heavy atom. The molecule has 0 amide bonds. The van der Waals surface area contributed by atoms with Gasteiger partial charge in [-0.1, -0.05) is 0 Å². The van der Waals surface area contributed by atoms with Gasteiger partial charge in [0.15, 0.2) is 0 Å². The number of hydrogen-bond donors (Lipinski definition) is 3. The molecule has 0 unspecified atom stereocenters. The summed E-state index contributed by atoms with van der Waals surface area (Å²) in [5.41, 5.74) is 5.93. The van der Waals surface area contributed by atoms with Gasteiger partial charge in [-0.15, -0.1) is 0 Å². The van der Waals surface area contributed by atoms with Crippen molar-refractivity contribution in [1.82, 2.24) is 9.97 Å². The van der Waals surface area contributed by atoms with Gasteiger partial charge in [0, 0.05) is 30.1 Å². The van der Waals surface area contributed by atoms with Crippen LogP contribution in [0.15, 0.2) is 42.6 Å². The molecule has 9 nitrogen and oxygen atoms in total. The number of carboxylic acid groups (broad SMARTS) is 1. The molecule has 28 heavy (non-hydrogen) atoms. The molecule has 3 N–H and O–H groups in total. The molecule has 0 aliphatic rings. The van der Waals surface area contributed by atoms with Gasteiger partial charge < -0.3 is 15.3 Å². The maximum atomic E-state index is 11.4. The summed E-state index contributed by atoms with van der Waals surface area (Å²) in [7, 11) is 0. The maximum Gasteiger partial charge on any atom is 0.356 e. The van der Waals surface area contributed by atoms with Crippen molar-refractivity contribution in [3.05, 3.63) is 59.3 Å². The van der Waals surface area contributed by atoms with Crippen molar-refractivity contribution in [3.8, 4) is 6.07 Å². The van der Waals surface area contributed by atoms with Crippen LogP contribution in [0.4, 0.5) is 17.5 Å². The summed E-state index contributed by atoms with van der Waals surface area (Å²) in [6.45, 7) is 3.85. The number of aryl methyl sites for hydroxylation is 2. The van der Waals surface area contributed by atoms with Gasteiger partial charge in [-0.2, -0.15) is 15.7 Å². The van der Waals surface area contributed by atoms with Crippen molar-refractivity contribution in [1.29, 1.82) is 5.26 Å². The van der Waals surface area contributed by atoms with Crippen LogP contribution in [0.2, 0.25) is 0 Å². The van der Waals surface area contributed by atoms with Crippen molar-refractivity contribution < 1.29 is 19.5 Å². The highest BCUT2D eigenvalue weighted by atomic mass is 16.7. The second kappa shape index (κ2) is 9.49. The summed E-state index contributed by atoms with van der Waals surface area (Å²) in [6.07, 6.45) is 6.02. The number of anilines is 3. The Hall–Kier alpha value is -4.19. The minimum Gasteiger partial charge on any atom is -0.478 e. The normalized spacial score (nSPS) is 10.6. The van der Waals surface area contributed by atoms with E-state index < -0.39 is 11.9 Å². The van der Waals surface area contributed by atoms with Gasteiger partial charge in [-0.05, 0) is 54.8 Å². The summed E-state index contributed by atoms with van der Waals surface area (Å²) in [5.74, 6) is -1.69. The fraction of sp³-hybridized carbons (Fsp3) is 0.105. The maximum absolute atomic E-state index is 11.4. The fourth-order valence-electron chi connectivity index (χ4n) is 2.30. The second-order valence-corrected chi connectivity index (χ2v) is 5.58. The number of rotatable bonds is 7. The van der Waals surface area contributed by atoms with Gasteiger partial charge in [-0.3, -0.25) is 0 Å². The van der Waals surface area contributed by atoms with Gasteiger partial charge in [0.1, 0.15) is 5.82 Å². The monoisotopic (exact) mass is 379 g/mol. The smallest absolute Gasteiger partial charge is 0.356 e. The first-order chi connectivity index (χ1) is 13.4. The van der Waals surface area contributed by atoms with E-state index in [0.29, 0.717) is 11.9 Å². The largest absolute Gasteiger partial charge is 0.478 e. The van der Waals surface area contributed by atoms with Crippen LogP contribution in [-0.4, -0.2) is 27.0 Å². The van der Waals surface area contributed by atoms with Crippen molar-refractivity contribution >= 4 is 35.5 Å². The van der Waals surface area contributed by atoms with Crippen molar-refractivity contribution in [2.24, 2.45) is 0 Å². The van der Waals surface area contributed by atoms with E-state index in [0.717, 1.165) is 28.5 Å². The van der Waals surface area contributed by atoms with E-state index >= 15 is 0 Å². The van der Waals surface area contributed by atoms with Crippen molar-refractivity contribution in [2.75, 3.05) is 10.8 Å². The van der Waals surface area contributed by atoms with Crippen LogP contribution in [-0.2, 0) is 14.4 Å². The SMILES string of the molecule is Cc1cc(C=CC#N)cc(C)c1Nc1ccnc(NOC(=O)/C=C/C(=O)O)n1. The molecule has 0 atom stereocenters. The van der Waals surface area contributed by atoms with Gasteiger partial charge in [0.05, 0.1) is 6.07 Å². The Bertz CT molecular complexity index is 969. The molecule has 0 bridgehead atoms. The predicted molar refractivity (Wildman–Crippen MR) is 102 cm³/mol. The Balaban J connectivity index is 2.11. The number of carboxylic acids is 1. The minimum absolute atomic E-state index is 0.0194. The topological polar surface area (TPSA) is 137 Å². The average molecular weight is 379 g/mol. The van der Waals surface area contributed by atoms with Gasteiger partial charge in [-0.25, -0.2) is 14.6 Å². The first-order valence-corrected chi connectivity index (χ1v) is 8.04. The first kappa shape index (κ1) is 20.1. The minimum atomic E-state index is -1.26. The number of nitrogens with one attached hydrogen (secondary N) is 2. The highest BCUT2D eigenvalue weighted by Gasteiger charge is 2.07. The van der Waals surface area contributed by atoms with Crippen LogP contribution in [0.1, 0.15) is 16.7 Å². The third kappa shape index (κ3) is 5.96. The van der Waals surface area contributed by atoms with Gasteiger partial charge in [0.2, 0.25) is 0 Å². The highest BCUT2D eigenvalue weighted by molar-refractivity contribution is 5.90. The van der Waals surface area contributed by atoms with Crippen LogP contribution in [0.5, 0.6) is 0 Å². The number of aliphatic carboxylic acids is 1. The van der Waals surface area contributed by atoms with Gasteiger partial charge >= 0.3 is 11.9 Å². The number of aromatic nitrogens is 2. The Morgan fingerprint density at radius 1 is 1.25 bits per heavy atom. The molecule has 142 valence electrons. The zero-order valence-electron chi connectivity index (χ0n) is 15.1. The number of carbonyl (C=O) groups is 2. The summed E-state index contributed by atoms with van der Waals surface area (Å²) < 4.78 is 0. The van der Waals surface area contributed by atoms with Crippen LogP contribution >= 0.6 is 0 Å². The van der Waals surface area contributed by atoms with E-state index in [2.05, 4.69) is 25.6 Å². The number of hydrogen-bond acceptors (Lipinski definition) is 8. The molecule has 0 fully saturated rings. The third-order valence-electron chi connectivity index (χ3n) is 3.42. The van der Waals surface area contributed by atoms with Crippen LogP contribution in [0.25, 0.3) is 6.08 Å². The second-order valence-electron chi connectivity index (χ2n) is 5.58. The molecule has 1 aromatic carbocycles. The Kier molecular flexibility index (Phi) is 6.82. The summed E-state index contributed by atoms with van der Waals surface area (Å²) in [4.78, 5) is 34.5. The molecule has 0 aliphatic carbocycles. The number of nitriles is 1. The number of nitrogens with zero attached hydrogens (tertiary/aromatic N) is 3.